The molecule has 0 unspecified atom stereocenters. The maximum atomic E-state index is 14.7. The minimum absolute atomic E-state index is 0.0780. The van der Waals surface area contributed by atoms with Crippen LogP contribution in [0.3, 0.4) is 0 Å². The maximum absolute atomic E-state index is 14.7. The molecule has 0 amide bonds. The van der Waals surface area contributed by atoms with E-state index in [9.17, 15) is 8.22 Å². The van der Waals surface area contributed by atoms with Crippen molar-refractivity contribution in [2.75, 3.05) is 19.8 Å². The summed E-state index contributed by atoms with van der Waals surface area (Å²) < 4.78 is 45.5. The largest absolute Gasteiger partial charge is 0.550 e. The van der Waals surface area contributed by atoms with Crippen LogP contribution in [0.4, 0.5) is 8.22 Å². The lowest BCUT2D eigenvalue weighted by Crippen LogP contribution is -2.64. The molecule has 0 aliphatic carbocycles. The monoisotopic (exact) mass is 342 g/mol. The molecule has 0 bridgehead atoms. The molecule has 0 N–H and O–H groups in total. The second-order valence-electron chi connectivity index (χ2n) is 5.08. The fourth-order valence-corrected chi connectivity index (χ4v) is 9.96. The first kappa shape index (κ1) is 21.2. The van der Waals surface area contributed by atoms with Crippen molar-refractivity contribution in [3.8, 4) is 0 Å². The molecule has 128 valence electrons. The predicted octanol–water partition coefficient (Wildman–Crippen LogP) is 4.85. The molecule has 7 heteroatoms. The van der Waals surface area contributed by atoms with Crippen LogP contribution < -0.4 is 0 Å². The standard InChI is InChI=1S/C14H32F2O3Si2/c1-5-9-10-11-12-13-14-20(15,16)21(17-6-2,18-7-3)19-8-4/h5-14H2,1-4H3. The molecule has 0 aromatic carbocycles. The van der Waals surface area contributed by atoms with Gasteiger partial charge in [-0.1, -0.05) is 45.4 Å². The second kappa shape index (κ2) is 11.7. The Kier molecular flexibility index (Phi) is 11.8. The lowest BCUT2D eigenvalue weighted by Gasteiger charge is -2.32. The third-order valence-corrected chi connectivity index (χ3v) is 11.9. The van der Waals surface area contributed by atoms with Crippen molar-refractivity contribution in [3.05, 3.63) is 0 Å². The molecule has 0 fully saturated rings. The van der Waals surface area contributed by atoms with Gasteiger partial charge >= 0.3 is 16.6 Å². The van der Waals surface area contributed by atoms with E-state index in [0.717, 1.165) is 19.3 Å². The molecule has 0 rings (SSSR count). The van der Waals surface area contributed by atoms with Gasteiger partial charge in [0.25, 0.3) is 0 Å². The molecule has 0 saturated heterocycles. The van der Waals surface area contributed by atoms with E-state index in [2.05, 4.69) is 6.92 Å². The lowest BCUT2D eigenvalue weighted by atomic mass is 10.1. The van der Waals surface area contributed by atoms with Gasteiger partial charge < -0.3 is 13.3 Å². The Hall–Kier alpha value is 0.174. The van der Waals surface area contributed by atoms with Crippen LogP contribution in [0.2, 0.25) is 6.04 Å². The van der Waals surface area contributed by atoms with Crippen LogP contribution in [0, 0.1) is 0 Å². The van der Waals surface area contributed by atoms with Crippen molar-refractivity contribution in [2.45, 2.75) is 72.3 Å². The SMILES string of the molecule is CCCCCCCC[Si](F)(F)[Si](OCC)(OCC)OCC. The number of hydrogen-bond acceptors (Lipinski definition) is 3. The van der Waals surface area contributed by atoms with Gasteiger partial charge in [-0.15, -0.1) is 0 Å². The number of unbranched alkanes of at least 4 members (excludes halogenated alkanes) is 5. The predicted molar refractivity (Wildman–Crippen MR) is 86.8 cm³/mol. The van der Waals surface area contributed by atoms with Gasteiger partial charge in [-0.25, -0.2) is 0 Å². The molecule has 0 saturated carbocycles. The molecule has 0 aliphatic rings. The molecule has 0 aromatic heterocycles. The molecule has 3 nitrogen and oxygen atoms in total. The van der Waals surface area contributed by atoms with Gasteiger partial charge in [0.2, 0.25) is 0 Å². The van der Waals surface area contributed by atoms with Crippen molar-refractivity contribution in [1.29, 1.82) is 0 Å². The number of rotatable bonds is 14. The van der Waals surface area contributed by atoms with Crippen molar-refractivity contribution in [2.24, 2.45) is 0 Å². The van der Waals surface area contributed by atoms with Gasteiger partial charge in [-0.3, -0.25) is 8.22 Å². The second-order valence-corrected chi connectivity index (χ2v) is 13.0. The van der Waals surface area contributed by atoms with Crippen LogP contribution in [0.5, 0.6) is 0 Å². The summed E-state index contributed by atoms with van der Waals surface area (Å²) in [6, 6.07) is -0.0780. The summed E-state index contributed by atoms with van der Waals surface area (Å²) in [4.78, 5) is 0. The van der Waals surface area contributed by atoms with Gasteiger partial charge in [0.1, 0.15) is 0 Å². The molecule has 21 heavy (non-hydrogen) atoms. The molecule has 0 spiro atoms. The first-order valence-corrected chi connectivity index (χ1v) is 13.0. The van der Waals surface area contributed by atoms with E-state index in [-0.39, 0.29) is 25.9 Å². The third-order valence-electron chi connectivity index (χ3n) is 3.30. The number of halogens is 2. The Bertz CT molecular complexity index is 239. The van der Waals surface area contributed by atoms with Crippen LogP contribution in [-0.2, 0) is 13.3 Å². The van der Waals surface area contributed by atoms with E-state index in [1.807, 2.05) is 0 Å². The Morgan fingerprint density at radius 1 is 0.667 bits per heavy atom. The highest BCUT2D eigenvalue weighted by Gasteiger charge is 2.67. The van der Waals surface area contributed by atoms with E-state index >= 15 is 0 Å². The molecular weight excluding hydrogens is 310 g/mol. The first-order chi connectivity index (χ1) is 9.99. The van der Waals surface area contributed by atoms with Gasteiger partial charge in [0.05, 0.1) is 0 Å². The molecule has 0 heterocycles. The van der Waals surface area contributed by atoms with Crippen molar-refractivity contribution < 1.29 is 21.5 Å². The van der Waals surface area contributed by atoms with E-state index < -0.39 is 16.6 Å². The smallest absolute Gasteiger partial charge is 0.373 e. The molecule has 0 atom stereocenters. The van der Waals surface area contributed by atoms with Crippen LogP contribution in [0.25, 0.3) is 0 Å². The summed E-state index contributed by atoms with van der Waals surface area (Å²) >= 11 is 0. The minimum atomic E-state index is -4.64. The molecule has 0 radical (unpaired) electrons. The fourth-order valence-electron chi connectivity index (χ4n) is 2.29. The minimum Gasteiger partial charge on any atom is -0.373 e. The summed E-state index contributed by atoms with van der Waals surface area (Å²) in [5.74, 6) is 0. The zero-order valence-corrected chi connectivity index (χ0v) is 16.1. The third kappa shape index (κ3) is 7.32. The fraction of sp³-hybridized carbons (Fsp3) is 1.00. The van der Waals surface area contributed by atoms with Crippen LogP contribution in [-0.4, -0.2) is 36.4 Å². The Morgan fingerprint density at radius 2 is 1.10 bits per heavy atom. The zero-order valence-electron chi connectivity index (χ0n) is 14.1. The van der Waals surface area contributed by atoms with E-state index in [4.69, 9.17) is 13.3 Å². The van der Waals surface area contributed by atoms with Crippen molar-refractivity contribution in [1.82, 2.24) is 0 Å². The van der Waals surface area contributed by atoms with Crippen molar-refractivity contribution >= 4 is 16.6 Å². The van der Waals surface area contributed by atoms with E-state index in [0.29, 0.717) is 6.42 Å². The Balaban J connectivity index is 4.53. The maximum Gasteiger partial charge on any atom is 0.550 e. The van der Waals surface area contributed by atoms with E-state index in [1.54, 1.807) is 20.8 Å². The summed E-state index contributed by atoms with van der Waals surface area (Å²) in [6.07, 6.45) is 5.92. The highest BCUT2D eigenvalue weighted by molar-refractivity contribution is 7.28. The zero-order chi connectivity index (χ0) is 16.2. The average Bonchev–Trinajstić information content (AvgIpc) is 2.43. The first-order valence-electron chi connectivity index (χ1n) is 8.29. The normalized spacial score (nSPS) is 12.9. The Morgan fingerprint density at radius 3 is 1.52 bits per heavy atom. The summed E-state index contributed by atoms with van der Waals surface area (Å²) in [5.41, 5.74) is 0. The molecular formula is C14H32F2O3Si2. The highest BCUT2D eigenvalue weighted by Crippen LogP contribution is 2.31. The van der Waals surface area contributed by atoms with Crippen LogP contribution in [0.1, 0.15) is 66.2 Å². The van der Waals surface area contributed by atoms with Gasteiger partial charge in [-0.2, -0.15) is 0 Å². The summed E-state index contributed by atoms with van der Waals surface area (Å²) in [5, 5.41) is 0. The lowest BCUT2D eigenvalue weighted by molar-refractivity contribution is 0.0838. The molecule has 0 aromatic rings. The van der Waals surface area contributed by atoms with Gasteiger partial charge in [0, 0.05) is 25.9 Å². The summed E-state index contributed by atoms with van der Waals surface area (Å²) in [7, 11) is -8.44. The average molecular weight is 343 g/mol. The number of hydrogen-bond donors (Lipinski definition) is 0. The summed E-state index contributed by atoms with van der Waals surface area (Å²) in [6.45, 7) is 7.94. The topological polar surface area (TPSA) is 27.7 Å². The molecule has 0 aliphatic heterocycles. The van der Waals surface area contributed by atoms with E-state index in [1.165, 1.54) is 12.8 Å². The quantitative estimate of drug-likeness (QED) is 0.256. The van der Waals surface area contributed by atoms with Gasteiger partial charge in [-0.05, 0) is 20.8 Å². The van der Waals surface area contributed by atoms with Crippen molar-refractivity contribution in [3.63, 3.8) is 0 Å². The highest BCUT2D eigenvalue weighted by atomic mass is 29.3. The van der Waals surface area contributed by atoms with Gasteiger partial charge in [0.15, 0.2) is 0 Å². The van der Waals surface area contributed by atoms with Crippen LogP contribution in [0.15, 0.2) is 0 Å². The Labute approximate surface area is 130 Å². The van der Waals surface area contributed by atoms with Crippen LogP contribution >= 0.6 is 0 Å².